The fourth-order valence-electron chi connectivity index (χ4n) is 4.05. The summed E-state index contributed by atoms with van der Waals surface area (Å²) >= 11 is 5.44. The standard InChI is InChI=1S/C26H28N4O2S/c1-18(2)25(32)30-15-13-29(14-16-30)23-10-6-5-9-22(23)27-26(33)28-24(31)21-12-11-19-7-3-4-8-20(19)17-21/h3-12,17-18H,13-16H2,1-2H3,(H2,27,28,31,33). The number of hydrogen-bond donors (Lipinski definition) is 2. The minimum atomic E-state index is -0.253. The number of amides is 2. The fourth-order valence-corrected chi connectivity index (χ4v) is 4.25. The van der Waals surface area contributed by atoms with Crippen LogP contribution in [0, 0.1) is 5.92 Å². The molecule has 0 spiro atoms. The molecule has 1 aliphatic heterocycles. The minimum Gasteiger partial charge on any atom is -0.366 e. The van der Waals surface area contributed by atoms with Crippen LogP contribution in [0.15, 0.2) is 66.7 Å². The molecule has 0 atom stereocenters. The Kier molecular flexibility index (Phi) is 6.89. The predicted molar refractivity (Wildman–Crippen MR) is 138 cm³/mol. The van der Waals surface area contributed by atoms with Crippen LogP contribution in [0.25, 0.3) is 10.8 Å². The number of carbonyl (C=O) groups is 2. The van der Waals surface area contributed by atoms with E-state index in [1.165, 1.54) is 0 Å². The Bertz CT molecular complexity index is 1190. The van der Waals surface area contributed by atoms with Gasteiger partial charge in [-0.2, -0.15) is 0 Å². The number of rotatable bonds is 4. The van der Waals surface area contributed by atoms with E-state index < -0.39 is 0 Å². The van der Waals surface area contributed by atoms with Crippen LogP contribution in [0.4, 0.5) is 11.4 Å². The number of benzene rings is 3. The maximum Gasteiger partial charge on any atom is 0.257 e. The lowest BCUT2D eigenvalue weighted by Gasteiger charge is -2.37. The van der Waals surface area contributed by atoms with E-state index in [4.69, 9.17) is 12.2 Å². The van der Waals surface area contributed by atoms with Gasteiger partial charge in [0.2, 0.25) is 5.91 Å². The lowest BCUT2D eigenvalue weighted by molar-refractivity contribution is -0.134. The lowest BCUT2D eigenvalue weighted by atomic mass is 10.1. The molecule has 7 heteroatoms. The normalized spacial score (nSPS) is 13.8. The summed E-state index contributed by atoms with van der Waals surface area (Å²) in [7, 11) is 0. The third-order valence-electron chi connectivity index (χ3n) is 5.82. The first kappa shape index (κ1) is 22.7. The third kappa shape index (κ3) is 5.31. The summed E-state index contributed by atoms with van der Waals surface area (Å²) in [5.41, 5.74) is 2.37. The quantitative estimate of drug-likeness (QED) is 0.570. The number of carbonyl (C=O) groups excluding carboxylic acids is 2. The van der Waals surface area contributed by atoms with Gasteiger partial charge >= 0.3 is 0 Å². The van der Waals surface area contributed by atoms with Crippen LogP contribution in [0.2, 0.25) is 0 Å². The molecule has 1 fully saturated rings. The second-order valence-electron chi connectivity index (χ2n) is 8.45. The zero-order valence-electron chi connectivity index (χ0n) is 18.9. The van der Waals surface area contributed by atoms with Gasteiger partial charge in [-0.1, -0.05) is 56.3 Å². The average Bonchev–Trinajstić information content (AvgIpc) is 2.83. The second-order valence-corrected chi connectivity index (χ2v) is 8.86. The van der Waals surface area contributed by atoms with Crippen molar-refractivity contribution in [1.29, 1.82) is 0 Å². The molecule has 0 unspecified atom stereocenters. The molecule has 0 bridgehead atoms. The summed E-state index contributed by atoms with van der Waals surface area (Å²) in [6, 6.07) is 21.4. The number of thiocarbonyl (C=S) groups is 1. The Morgan fingerprint density at radius 3 is 2.27 bits per heavy atom. The summed E-state index contributed by atoms with van der Waals surface area (Å²) in [5.74, 6) is -0.0516. The summed E-state index contributed by atoms with van der Waals surface area (Å²) in [4.78, 5) is 29.2. The number of para-hydroxylation sites is 2. The Morgan fingerprint density at radius 2 is 1.55 bits per heavy atom. The van der Waals surface area contributed by atoms with Crippen molar-refractivity contribution in [3.05, 3.63) is 72.3 Å². The number of hydrogen-bond acceptors (Lipinski definition) is 4. The lowest BCUT2D eigenvalue weighted by Crippen LogP contribution is -2.50. The first-order valence-corrected chi connectivity index (χ1v) is 11.6. The van der Waals surface area contributed by atoms with E-state index in [-0.39, 0.29) is 22.8 Å². The Balaban J connectivity index is 1.40. The number of fused-ring (bicyclic) bond motifs is 1. The molecule has 0 saturated carbocycles. The van der Waals surface area contributed by atoms with Gasteiger partial charge in [0.05, 0.1) is 11.4 Å². The van der Waals surface area contributed by atoms with Crippen LogP contribution < -0.4 is 15.5 Å². The molecule has 4 rings (SSSR count). The molecule has 1 heterocycles. The first-order chi connectivity index (χ1) is 15.9. The molecule has 0 radical (unpaired) electrons. The monoisotopic (exact) mass is 460 g/mol. The summed E-state index contributed by atoms with van der Waals surface area (Å²) in [6.45, 7) is 6.73. The Labute approximate surface area is 199 Å². The van der Waals surface area contributed by atoms with Gasteiger partial charge in [-0.3, -0.25) is 14.9 Å². The van der Waals surface area contributed by atoms with Gasteiger partial charge in [0.15, 0.2) is 5.11 Å². The highest BCUT2D eigenvalue weighted by molar-refractivity contribution is 7.80. The van der Waals surface area contributed by atoms with Crippen molar-refractivity contribution < 1.29 is 9.59 Å². The molecule has 0 aromatic heterocycles. The van der Waals surface area contributed by atoms with Gasteiger partial charge in [0, 0.05) is 37.7 Å². The first-order valence-electron chi connectivity index (χ1n) is 11.2. The third-order valence-corrected chi connectivity index (χ3v) is 6.02. The van der Waals surface area contributed by atoms with Crippen molar-refractivity contribution in [2.75, 3.05) is 36.4 Å². The maximum absolute atomic E-state index is 12.7. The van der Waals surface area contributed by atoms with Crippen molar-refractivity contribution in [3.63, 3.8) is 0 Å². The number of nitrogens with zero attached hydrogens (tertiary/aromatic N) is 2. The number of nitrogens with one attached hydrogen (secondary N) is 2. The van der Waals surface area contributed by atoms with Gasteiger partial charge in [0.25, 0.3) is 5.91 Å². The topological polar surface area (TPSA) is 64.7 Å². The van der Waals surface area contributed by atoms with Crippen LogP contribution in [-0.4, -0.2) is 48.0 Å². The SMILES string of the molecule is CC(C)C(=O)N1CCN(c2ccccc2NC(=S)NC(=O)c2ccc3ccccc3c2)CC1. The molecule has 3 aromatic rings. The summed E-state index contributed by atoms with van der Waals surface area (Å²) < 4.78 is 0. The van der Waals surface area contributed by atoms with Crippen molar-refractivity contribution in [3.8, 4) is 0 Å². The Hall–Kier alpha value is -3.45. The minimum absolute atomic E-state index is 0.00842. The highest BCUT2D eigenvalue weighted by Crippen LogP contribution is 2.27. The highest BCUT2D eigenvalue weighted by Gasteiger charge is 2.24. The van der Waals surface area contributed by atoms with Crippen LogP contribution in [-0.2, 0) is 4.79 Å². The van der Waals surface area contributed by atoms with Crippen LogP contribution in [0.3, 0.4) is 0 Å². The largest absolute Gasteiger partial charge is 0.366 e. The van der Waals surface area contributed by atoms with E-state index in [1.807, 2.05) is 79.4 Å². The van der Waals surface area contributed by atoms with Crippen molar-refractivity contribution in [1.82, 2.24) is 10.2 Å². The van der Waals surface area contributed by atoms with E-state index in [2.05, 4.69) is 15.5 Å². The molecule has 2 amide bonds. The van der Waals surface area contributed by atoms with Gasteiger partial charge in [-0.25, -0.2) is 0 Å². The predicted octanol–water partition coefficient (Wildman–Crippen LogP) is 4.27. The number of anilines is 2. The summed E-state index contributed by atoms with van der Waals surface area (Å²) in [5, 5.41) is 8.29. The van der Waals surface area contributed by atoms with Crippen molar-refractivity contribution >= 4 is 51.3 Å². The second kappa shape index (κ2) is 10.0. The molecule has 6 nitrogen and oxygen atoms in total. The highest BCUT2D eigenvalue weighted by atomic mass is 32.1. The van der Waals surface area contributed by atoms with Crippen LogP contribution in [0.1, 0.15) is 24.2 Å². The molecule has 1 saturated heterocycles. The van der Waals surface area contributed by atoms with E-state index >= 15 is 0 Å². The Morgan fingerprint density at radius 1 is 0.879 bits per heavy atom. The molecule has 3 aromatic carbocycles. The van der Waals surface area contributed by atoms with Gasteiger partial charge in [-0.05, 0) is 47.3 Å². The van der Waals surface area contributed by atoms with Gasteiger partial charge < -0.3 is 15.1 Å². The zero-order chi connectivity index (χ0) is 23.4. The van der Waals surface area contributed by atoms with Crippen LogP contribution in [0.5, 0.6) is 0 Å². The molecular formula is C26H28N4O2S. The molecule has 0 aliphatic carbocycles. The van der Waals surface area contributed by atoms with Gasteiger partial charge in [0.1, 0.15) is 0 Å². The number of piperazine rings is 1. The van der Waals surface area contributed by atoms with E-state index in [1.54, 1.807) is 6.07 Å². The van der Waals surface area contributed by atoms with Gasteiger partial charge in [-0.15, -0.1) is 0 Å². The smallest absolute Gasteiger partial charge is 0.257 e. The zero-order valence-corrected chi connectivity index (χ0v) is 19.7. The van der Waals surface area contributed by atoms with E-state index in [0.29, 0.717) is 18.7 Å². The fraction of sp³-hybridized carbons (Fsp3) is 0.269. The maximum atomic E-state index is 12.7. The van der Waals surface area contributed by atoms with E-state index in [0.717, 1.165) is 35.2 Å². The molecule has 2 N–H and O–H groups in total. The average molecular weight is 461 g/mol. The van der Waals surface area contributed by atoms with Crippen LogP contribution >= 0.6 is 12.2 Å². The molecule has 1 aliphatic rings. The summed E-state index contributed by atoms with van der Waals surface area (Å²) in [6.07, 6.45) is 0. The van der Waals surface area contributed by atoms with Crippen molar-refractivity contribution in [2.24, 2.45) is 5.92 Å². The molecular weight excluding hydrogens is 432 g/mol. The van der Waals surface area contributed by atoms with E-state index in [9.17, 15) is 9.59 Å². The van der Waals surface area contributed by atoms with Crippen molar-refractivity contribution in [2.45, 2.75) is 13.8 Å². The molecule has 33 heavy (non-hydrogen) atoms. The molecule has 170 valence electrons.